The average Bonchev–Trinajstić information content (AvgIpc) is 2.89. The molecule has 0 aromatic carbocycles. The van der Waals surface area contributed by atoms with E-state index in [1.165, 1.54) is 135 Å². The van der Waals surface area contributed by atoms with E-state index in [1.807, 2.05) is 0 Å². The Balaban J connectivity index is 5.26. The standard InChI is InChI=1S/C73H136O17P2/c1-5-9-13-17-21-25-29-31-32-33-34-36-39-42-46-50-54-58-71(76)84-64-69(90-73(78)60-56-52-48-44-40-35-30-26-22-18-14-10-6-2)66-88-92(81,82)86-62-67(74)61-85-91(79,80)87-65-68(89-72(77)59-55-51-47-43-38-28-24-20-16-12-8-4)63-83-70(75)57-53-49-45-41-37-27-23-19-15-11-7-3/h9,13,21,25,31-32,67-69,74H,5-8,10-12,14-20,22-24,26-30,33-66H2,1-4H3,(H,79,80)(H,81,82)/b13-9-,25-21-,32-31-. The van der Waals surface area contributed by atoms with E-state index in [2.05, 4.69) is 64.2 Å². The molecule has 540 valence electrons. The molecule has 0 aromatic heterocycles. The summed E-state index contributed by atoms with van der Waals surface area (Å²) in [5, 5.41) is 10.6. The van der Waals surface area contributed by atoms with Gasteiger partial charge in [-0.25, -0.2) is 9.13 Å². The number of ether oxygens (including phenoxy) is 4. The Labute approximate surface area is 560 Å². The average molecular weight is 1350 g/mol. The van der Waals surface area contributed by atoms with E-state index in [0.717, 1.165) is 135 Å². The largest absolute Gasteiger partial charge is 0.472 e. The predicted molar refractivity (Wildman–Crippen MR) is 372 cm³/mol. The van der Waals surface area contributed by atoms with E-state index < -0.39 is 97.5 Å². The van der Waals surface area contributed by atoms with Gasteiger partial charge in [-0.1, -0.05) is 302 Å². The van der Waals surface area contributed by atoms with Crippen molar-refractivity contribution >= 4 is 39.5 Å². The second-order valence-electron chi connectivity index (χ2n) is 25.2. The first-order chi connectivity index (χ1) is 44.7. The van der Waals surface area contributed by atoms with Crippen molar-refractivity contribution in [3.05, 3.63) is 36.5 Å². The van der Waals surface area contributed by atoms with Gasteiger partial charge in [-0.15, -0.1) is 0 Å². The lowest BCUT2D eigenvalue weighted by atomic mass is 10.0. The molecular weight excluding hydrogens is 1210 g/mol. The number of aliphatic hydroxyl groups excluding tert-OH is 1. The number of unbranched alkanes of at least 4 members (excludes halogenated alkanes) is 39. The van der Waals surface area contributed by atoms with Crippen LogP contribution in [0.1, 0.15) is 349 Å². The number of hydrogen-bond donors (Lipinski definition) is 3. The number of phosphoric acid groups is 2. The minimum absolute atomic E-state index is 0.101. The lowest BCUT2D eigenvalue weighted by molar-refractivity contribution is -0.161. The van der Waals surface area contributed by atoms with E-state index >= 15 is 0 Å². The van der Waals surface area contributed by atoms with Gasteiger partial charge >= 0.3 is 39.5 Å². The van der Waals surface area contributed by atoms with Crippen LogP contribution >= 0.6 is 15.6 Å². The van der Waals surface area contributed by atoms with E-state index in [4.69, 9.17) is 37.0 Å². The molecule has 0 radical (unpaired) electrons. The molecule has 0 saturated heterocycles. The molecule has 5 atom stereocenters. The van der Waals surface area contributed by atoms with Crippen LogP contribution in [0.5, 0.6) is 0 Å². The maximum absolute atomic E-state index is 13.0. The summed E-state index contributed by atoms with van der Waals surface area (Å²) in [6.07, 6.45) is 60.0. The van der Waals surface area contributed by atoms with E-state index in [1.54, 1.807) is 0 Å². The van der Waals surface area contributed by atoms with Crippen molar-refractivity contribution in [1.29, 1.82) is 0 Å². The van der Waals surface area contributed by atoms with Crippen molar-refractivity contribution in [1.82, 2.24) is 0 Å². The topological polar surface area (TPSA) is 237 Å². The van der Waals surface area contributed by atoms with Crippen molar-refractivity contribution < 1.29 is 80.2 Å². The van der Waals surface area contributed by atoms with Crippen LogP contribution in [0.4, 0.5) is 0 Å². The van der Waals surface area contributed by atoms with Crippen LogP contribution in [0.2, 0.25) is 0 Å². The van der Waals surface area contributed by atoms with Crippen LogP contribution in [0.15, 0.2) is 36.5 Å². The summed E-state index contributed by atoms with van der Waals surface area (Å²) >= 11 is 0. The van der Waals surface area contributed by atoms with Crippen LogP contribution in [0.25, 0.3) is 0 Å². The second kappa shape index (κ2) is 66.9. The van der Waals surface area contributed by atoms with Crippen LogP contribution < -0.4 is 0 Å². The molecule has 0 fully saturated rings. The molecule has 5 unspecified atom stereocenters. The third kappa shape index (κ3) is 65.9. The van der Waals surface area contributed by atoms with Crippen molar-refractivity contribution in [2.24, 2.45) is 0 Å². The maximum atomic E-state index is 13.0. The van der Waals surface area contributed by atoms with Gasteiger partial charge in [0.25, 0.3) is 0 Å². The van der Waals surface area contributed by atoms with E-state index in [9.17, 15) is 43.2 Å². The summed E-state index contributed by atoms with van der Waals surface area (Å²) < 4.78 is 68.3. The monoisotopic (exact) mass is 1350 g/mol. The van der Waals surface area contributed by atoms with Gasteiger partial charge in [0.2, 0.25) is 0 Å². The number of esters is 4. The molecular formula is C73H136O17P2. The zero-order chi connectivity index (χ0) is 67.5. The van der Waals surface area contributed by atoms with Gasteiger partial charge in [0, 0.05) is 25.7 Å². The third-order valence-electron chi connectivity index (χ3n) is 16.1. The molecule has 0 heterocycles. The van der Waals surface area contributed by atoms with E-state index in [0.29, 0.717) is 25.7 Å². The molecule has 0 spiro atoms. The Morgan fingerprint density at radius 2 is 0.565 bits per heavy atom. The molecule has 3 N–H and O–H groups in total. The van der Waals surface area contributed by atoms with Gasteiger partial charge in [-0.05, 0) is 57.8 Å². The van der Waals surface area contributed by atoms with Gasteiger partial charge in [0.05, 0.1) is 26.4 Å². The zero-order valence-electron chi connectivity index (χ0n) is 58.7. The number of carbonyl (C=O) groups excluding carboxylic acids is 4. The van der Waals surface area contributed by atoms with Crippen molar-refractivity contribution in [3.63, 3.8) is 0 Å². The fourth-order valence-electron chi connectivity index (χ4n) is 10.5. The molecule has 0 amide bonds. The van der Waals surface area contributed by atoms with Crippen LogP contribution in [0.3, 0.4) is 0 Å². The number of rotatable bonds is 71. The minimum Gasteiger partial charge on any atom is -0.462 e. The number of phosphoric ester groups is 2. The smallest absolute Gasteiger partial charge is 0.462 e. The summed E-state index contributed by atoms with van der Waals surface area (Å²) in [7, 11) is -9.91. The molecule has 0 aliphatic heterocycles. The Morgan fingerprint density at radius 1 is 0.315 bits per heavy atom. The number of hydrogen-bond acceptors (Lipinski definition) is 15. The first-order valence-corrected chi connectivity index (χ1v) is 40.2. The third-order valence-corrected chi connectivity index (χ3v) is 18.1. The quantitative estimate of drug-likeness (QED) is 0.0169. The zero-order valence-corrected chi connectivity index (χ0v) is 60.5. The predicted octanol–water partition coefficient (Wildman–Crippen LogP) is 20.8. The fraction of sp³-hybridized carbons (Fsp3) is 0.863. The van der Waals surface area contributed by atoms with Gasteiger partial charge < -0.3 is 33.8 Å². The Kier molecular flexibility index (Phi) is 64.9. The van der Waals surface area contributed by atoms with Crippen molar-refractivity contribution in [3.8, 4) is 0 Å². The highest BCUT2D eigenvalue weighted by molar-refractivity contribution is 7.47. The molecule has 92 heavy (non-hydrogen) atoms. The molecule has 0 rings (SSSR count). The number of carbonyl (C=O) groups is 4. The van der Waals surface area contributed by atoms with Crippen molar-refractivity contribution in [2.45, 2.75) is 367 Å². The summed E-state index contributed by atoms with van der Waals surface area (Å²) in [5.41, 5.74) is 0. The van der Waals surface area contributed by atoms with Crippen LogP contribution in [-0.2, 0) is 65.4 Å². The molecule has 0 saturated carbocycles. The molecule has 0 aromatic rings. The fourth-order valence-corrected chi connectivity index (χ4v) is 12.1. The minimum atomic E-state index is -4.96. The molecule has 0 bridgehead atoms. The summed E-state index contributed by atoms with van der Waals surface area (Å²) in [6, 6.07) is 0. The lowest BCUT2D eigenvalue weighted by Crippen LogP contribution is -2.30. The normalized spacial score (nSPS) is 14.2. The Morgan fingerprint density at radius 3 is 0.870 bits per heavy atom. The lowest BCUT2D eigenvalue weighted by Gasteiger charge is -2.21. The summed E-state index contributed by atoms with van der Waals surface area (Å²) in [5.74, 6) is -2.14. The van der Waals surface area contributed by atoms with Crippen molar-refractivity contribution in [2.75, 3.05) is 39.6 Å². The summed E-state index contributed by atoms with van der Waals surface area (Å²) in [4.78, 5) is 72.6. The van der Waals surface area contributed by atoms with Gasteiger partial charge in [0.15, 0.2) is 12.2 Å². The van der Waals surface area contributed by atoms with Crippen LogP contribution in [-0.4, -0.2) is 96.7 Å². The molecule has 19 heteroatoms. The van der Waals surface area contributed by atoms with Crippen LogP contribution in [0, 0.1) is 0 Å². The summed E-state index contributed by atoms with van der Waals surface area (Å²) in [6.45, 7) is 4.80. The maximum Gasteiger partial charge on any atom is 0.472 e. The Hall–Kier alpha value is -2.72. The number of allylic oxidation sites excluding steroid dienone is 6. The van der Waals surface area contributed by atoms with Gasteiger partial charge in [-0.2, -0.15) is 0 Å². The molecule has 0 aliphatic carbocycles. The van der Waals surface area contributed by atoms with Gasteiger partial charge in [-0.3, -0.25) is 37.3 Å². The highest BCUT2D eigenvalue weighted by Gasteiger charge is 2.30. The SMILES string of the molecule is CC/C=C\C/C=C\C/C=C\CCCCCCCCCC(=O)OCC(COP(=O)(O)OCC(O)COP(=O)(O)OCC(COC(=O)CCCCCCCCCCCCC)OC(=O)CCCCCCCCCCCCC)OC(=O)CCCCCCCCCCCCCCC. The van der Waals surface area contributed by atoms with E-state index in [-0.39, 0.29) is 25.7 Å². The first kappa shape index (κ1) is 89.3. The highest BCUT2D eigenvalue weighted by atomic mass is 31.2. The number of aliphatic hydroxyl groups is 1. The Bertz CT molecular complexity index is 1900. The molecule has 17 nitrogen and oxygen atoms in total. The second-order valence-corrected chi connectivity index (χ2v) is 28.1. The first-order valence-electron chi connectivity index (χ1n) is 37.2. The highest BCUT2D eigenvalue weighted by Crippen LogP contribution is 2.45. The van der Waals surface area contributed by atoms with Gasteiger partial charge in [0.1, 0.15) is 19.3 Å². The molecule has 0 aliphatic rings.